The van der Waals surface area contributed by atoms with Crippen LogP contribution in [0.4, 0.5) is 0 Å². The summed E-state index contributed by atoms with van der Waals surface area (Å²) in [4.78, 5) is 18.5. The van der Waals surface area contributed by atoms with Crippen molar-refractivity contribution in [3.05, 3.63) is 51.4 Å². The fourth-order valence-electron chi connectivity index (χ4n) is 2.68. The molecule has 0 radical (unpaired) electrons. The third kappa shape index (κ3) is 2.80. The molecule has 0 atom stereocenters. The second kappa shape index (κ2) is 6.39. The number of aryl methyl sites for hydroxylation is 2. The van der Waals surface area contributed by atoms with Crippen LogP contribution in [0, 0.1) is 19.3 Å². The maximum absolute atomic E-state index is 13.0. The summed E-state index contributed by atoms with van der Waals surface area (Å²) in [7, 11) is 0. The van der Waals surface area contributed by atoms with Gasteiger partial charge in [-0.2, -0.15) is 0 Å². The molecule has 0 amide bonds. The molecule has 0 saturated carbocycles. The summed E-state index contributed by atoms with van der Waals surface area (Å²) in [5, 5.41) is 2.69. The van der Waals surface area contributed by atoms with Gasteiger partial charge in [-0.05, 0) is 18.9 Å². The Hall–Kier alpha value is -2.38. The molecule has 0 unspecified atom stereocenters. The standard InChI is InChI=1S/C19H18N2OS/c1-4-6-16-20-18-17(19(22)21(16)11-5-2)15(12-23-18)14-9-7-13(3)8-10-14/h2,7-10,12H,4,6,11H2,1,3H3. The van der Waals surface area contributed by atoms with E-state index in [1.807, 2.05) is 24.4 Å². The minimum Gasteiger partial charge on any atom is -0.284 e. The Morgan fingerprint density at radius 1 is 1.30 bits per heavy atom. The topological polar surface area (TPSA) is 34.9 Å². The second-order valence-corrected chi connectivity index (χ2v) is 6.43. The molecule has 116 valence electrons. The lowest BCUT2D eigenvalue weighted by Crippen LogP contribution is -2.24. The van der Waals surface area contributed by atoms with E-state index in [1.54, 1.807) is 4.57 Å². The molecule has 23 heavy (non-hydrogen) atoms. The lowest BCUT2D eigenvalue weighted by atomic mass is 10.0. The summed E-state index contributed by atoms with van der Waals surface area (Å²) in [5.74, 6) is 3.35. The van der Waals surface area contributed by atoms with Crippen LogP contribution in [-0.4, -0.2) is 9.55 Å². The van der Waals surface area contributed by atoms with Gasteiger partial charge in [-0.15, -0.1) is 17.8 Å². The molecular formula is C19H18N2OS. The van der Waals surface area contributed by atoms with E-state index < -0.39 is 0 Å². The fourth-order valence-corrected chi connectivity index (χ4v) is 3.64. The van der Waals surface area contributed by atoms with Gasteiger partial charge in [0.15, 0.2) is 0 Å². The highest BCUT2D eigenvalue weighted by Gasteiger charge is 2.16. The van der Waals surface area contributed by atoms with Gasteiger partial charge < -0.3 is 0 Å². The number of nitrogens with zero attached hydrogens (tertiary/aromatic N) is 2. The van der Waals surface area contributed by atoms with Crippen LogP contribution in [-0.2, 0) is 13.0 Å². The molecule has 0 saturated heterocycles. The monoisotopic (exact) mass is 322 g/mol. The first kappa shape index (κ1) is 15.5. The number of rotatable bonds is 4. The van der Waals surface area contributed by atoms with E-state index in [9.17, 15) is 4.79 Å². The maximum Gasteiger partial charge on any atom is 0.263 e. The summed E-state index contributed by atoms with van der Waals surface area (Å²) in [5.41, 5.74) is 3.14. The smallest absolute Gasteiger partial charge is 0.263 e. The van der Waals surface area contributed by atoms with Gasteiger partial charge in [-0.1, -0.05) is 42.7 Å². The fraction of sp³-hybridized carbons (Fsp3) is 0.263. The molecule has 0 aliphatic carbocycles. The van der Waals surface area contributed by atoms with Gasteiger partial charge in [-0.25, -0.2) is 4.98 Å². The number of fused-ring (bicyclic) bond motifs is 1. The Balaban J connectivity index is 2.27. The molecule has 0 spiro atoms. The van der Waals surface area contributed by atoms with E-state index in [0.29, 0.717) is 5.39 Å². The van der Waals surface area contributed by atoms with Crippen molar-refractivity contribution in [1.29, 1.82) is 0 Å². The first-order valence-electron chi connectivity index (χ1n) is 7.67. The van der Waals surface area contributed by atoms with Gasteiger partial charge in [0.1, 0.15) is 10.7 Å². The van der Waals surface area contributed by atoms with Crippen LogP contribution in [0.5, 0.6) is 0 Å². The van der Waals surface area contributed by atoms with Crippen LogP contribution < -0.4 is 5.56 Å². The number of terminal acetylenes is 1. The lowest BCUT2D eigenvalue weighted by molar-refractivity contribution is 0.686. The summed E-state index contributed by atoms with van der Waals surface area (Å²) in [6, 6.07) is 8.19. The first-order chi connectivity index (χ1) is 11.2. The van der Waals surface area contributed by atoms with E-state index in [-0.39, 0.29) is 12.1 Å². The minimum atomic E-state index is -0.0341. The zero-order valence-corrected chi connectivity index (χ0v) is 14.1. The summed E-state index contributed by atoms with van der Waals surface area (Å²) >= 11 is 1.52. The predicted molar refractivity (Wildman–Crippen MR) is 96.9 cm³/mol. The van der Waals surface area contributed by atoms with E-state index >= 15 is 0 Å². The molecular weight excluding hydrogens is 304 g/mol. The quantitative estimate of drug-likeness (QED) is 0.680. The summed E-state index contributed by atoms with van der Waals surface area (Å²) < 4.78 is 1.64. The molecule has 2 aromatic heterocycles. The maximum atomic E-state index is 13.0. The van der Waals surface area contributed by atoms with Gasteiger partial charge in [-0.3, -0.25) is 9.36 Å². The number of aromatic nitrogens is 2. The molecule has 0 fully saturated rings. The number of hydrogen-bond acceptors (Lipinski definition) is 3. The molecule has 4 heteroatoms. The van der Waals surface area contributed by atoms with Crippen molar-refractivity contribution in [3.63, 3.8) is 0 Å². The first-order valence-corrected chi connectivity index (χ1v) is 8.55. The van der Waals surface area contributed by atoms with Crippen LogP contribution in [0.15, 0.2) is 34.4 Å². The van der Waals surface area contributed by atoms with Crippen LogP contribution in [0.2, 0.25) is 0 Å². The van der Waals surface area contributed by atoms with Crippen molar-refractivity contribution >= 4 is 21.6 Å². The predicted octanol–water partition coefficient (Wildman–Crippen LogP) is 4.02. The van der Waals surface area contributed by atoms with Crippen molar-refractivity contribution in [1.82, 2.24) is 9.55 Å². The van der Waals surface area contributed by atoms with Gasteiger partial charge in [0.05, 0.1) is 11.9 Å². The molecule has 3 rings (SSSR count). The molecule has 0 aliphatic heterocycles. The SMILES string of the molecule is C#CCn1c(CCC)nc2scc(-c3ccc(C)cc3)c2c1=O. The average molecular weight is 322 g/mol. The number of benzene rings is 1. The van der Waals surface area contributed by atoms with Crippen molar-refractivity contribution < 1.29 is 0 Å². The second-order valence-electron chi connectivity index (χ2n) is 5.57. The average Bonchev–Trinajstić information content (AvgIpc) is 2.96. The van der Waals surface area contributed by atoms with Crippen molar-refractivity contribution in [2.45, 2.75) is 33.2 Å². The Morgan fingerprint density at radius 3 is 2.70 bits per heavy atom. The van der Waals surface area contributed by atoms with Gasteiger partial charge in [0.2, 0.25) is 0 Å². The van der Waals surface area contributed by atoms with Gasteiger partial charge in [0, 0.05) is 17.4 Å². The van der Waals surface area contributed by atoms with Crippen molar-refractivity contribution in [2.75, 3.05) is 0 Å². The summed E-state index contributed by atoms with van der Waals surface area (Å²) in [6.07, 6.45) is 7.13. The zero-order valence-electron chi connectivity index (χ0n) is 13.3. The number of thiophene rings is 1. The molecule has 0 bridgehead atoms. The van der Waals surface area contributed by atoms with Crippen molar-refractivity contribution in [2.24, 2.45) is 0 Å². The largest absolute Gasteiger partial charge is 0.284 e. The van der Waals surface area contributed by atoms with Crippen LogP contribution >= 0.6 is 11.3 Å². The third-order valence-electron chi connectivity index (χ3n) is 3.86. The van der Waals surface area contributed by atoms with E-state index in [2.05, 4.69) is 25.0 Å². The Kier molecular flexibility index (Phi) is 4.31. The van der Waals surface area contributed by atoms with Crippen LogP contribution in [0.25, 0.3) is 21.3 Å². The van der Waals surface area contributed by atoms with E-state index in [4.69, 9.17) is 11.4 Å². The Bertz CT molecular complexity index is 942. The normalized spacial score (nSPS) is 10.8. The Labute approximate surface area is 139 Å². The minimum absolute atomic E-state index is 0.0341. The van der Waals surface area contributed by atoms with Gasteiger partial charge >= 0.3 is 0 Å². The third-order valence-corrected chi connectivity index (χ3v) is 4.73. The zero-order chi connectivity index (χ0) is 16.4. The van der Waals surface area contributed by atoms with E-state index in [1.165, 1.54) is 16.9 Å². The number of hydrogen-bond donors (Lipinski definition) is 0. The highest BCUT2D eigenvalue weighted by molar-refractivity contribution is 7.17. The van der Waals surface area contributed by atoms with Crippen LogP contribution in [0.3, 0.4) is 0 Å². The molecule has 0 N–H and O–H groups in total. The molecule has 1 aromatic carbocycles. The Morgan fingerprint density at radius 2 is 2.04 bits per heavy atom. The van der Waals surface area contributed by atoms with Gasteiger partial charge in [0.25, 0.3) is 5.56 Å². The molecule has 3 aromatic rings. The molecule has 0 aliphatic rings. The highest BCUT2D eigenvalue weighted by Crippen LogP contribution is 2.31. The summed E-state index contributed by atoms with van der Waals surface area (Å²) in [6.45, 7) is 4.39. The molecule has 2 heterocycles. The van der Waals surface area contributed by atoms with E-state index in [0.717, 1.165) is 34.6 Å². The van der Waals surface area contributed by atoms with Crippen LogP contribution in [0.1, 0.15) is 24.7 Å². The molecule has 3 nitrogen and oxygen atoms in total. The van der Waals surface area contributed by atoms with Crippen molar-refractivity contribution in [3.8, 4) is 23.5 Å². The highest BCUT2D eigenvalue weighted by atomic mass is 32.1. The lowest BCUT2D eigenvalue weighted by Gasteiger charge is -2.09.